The SMILES string of the molecule is CC/C=C\C/C=C\C/C=C\C/C=C\C/C=C\CC(=O)OCC(COCCCCCCCCC/C=C\C/C=C\C/C=C\CCCCC)OC(=O)CCCCCCCCC. The van der Waals surface area contributed by atoms with Crippen molar-refractivity contribution in [1.82, 2.24) is 0 Å². The van der Waals surface area contributed by atoms with Crippen LogP contribution in [0, 0.1) is 0 Å². The van der Waals surface area contributed by atoms with Gasteiger partial charge in [-0.15, -0.1) is 0 Å². The molecule has 5 heteroatoms. The van der Waals surface area contributed by atoms with Crippen LogP contribution in [-0.4, -0.2) is 37.9 Å². The van der Waals surface area contributed by atoms with Crippen molar-refractivity contribution in [1.29, 1.82) is 0 Å². The van der Waals surface area contributed by atoms with Crippen LogP contribution in [0.15, 0.2) is 97.2 Å². The van der Waals surface area contributed by atoms with Crippen LogP contribution in [0.4, 0.5) is 0 Å². The van der Waals surface area contributed by atoms with Crippen LogP contribution in [0.25, 0.3) is 0 Å². The van der Waals surface area contributed by atoms with E-state index < -0.39 is 6.10 Å². The third-order valence-corrected chi connectivity index (χ3v) is 9.64. The molecule has 330 valence electrons. The van der Waals surface area contributed by atoms with Gasteiger partial charge < -0.3 is 14.2 Å². The Morgan fingerprint density at radius 2 is 0.828 bits per heavy atom. The molecule has 0 N–H and O–H groups in total. The van der Waals surface area contributed by atoms with Crippen LogP contribution in [-0.2, 0) is 23.8 Å². The molecule has 0 spiro atoms. The molecule has 0 saturated carbocycles. The van der Waals surface area contributed by atoms with Gasteiger partial charge in [-0.2, -0.15) is 0 Å². The zero-order chi connectivity index (χ0) is 42.1. The Morgan fingerprint density at radius 3 is 1.36 bits per heavy atom. The van der Waals surface area contributed by atoms with Gasteiger partial charge in [0.25, 0.3) is 0 Å². The smallest absolute Gasteiger partial charge is 0.309 e. The summed E-state index contributed by atoms with van der Waals surface area (Å²) in [6.07, 6.45) is 64.5. The minimum Gasteiger partial charge on any atom is -0.461 e. The van der Waals surface area contributed by atoms with Gasteiger partial charge in [-0.1, -0.05) is 201 Å². The Bertz CT molecular complexity index is 1140. The average molecular weight is 805 g/mol. The van der Waals surface area contributed by atoms with Gasteiger partial charge in [-0.25, -0.2) is 0 Å². The second-order valence-electron chi connectivity index (χ2n) is 15.3. The zero-order valence-electron chi connectivity index (χ0n) is 37.8. The Kier molecular flexibility index (Phi) is 45.5. The fraction of sp³-hybridized carbons (Fsp3) is 0.660. The van der Waals surface area contributed by atoms with Crippen LogP contribution >= 0.6 is 0 Å². The molecular formula is C53H88O5. The van der Waals surface area contributed by atoms with E-state index in [-0.39, 0.29) is 31.6 Å². The molecular weight excluding hydrogens is 717 g/mol. The van der Waals surface area contributed by atoms with Gasteiger partial charge in [-0.05, 0) is 83.5 Å². The number of allylic oxidation sites excluding steroid dienone is 15. The molecule has 0 heterocycles. The summed E-state index contributed by atoms with van der Waals surface area (Å²) in [5, 5.41) is 0. The quantitative estimate of drug-likeness (QED) is 0.0349. The molecule has 1 atom stereocenters. The fourth-order valence-corrected chi connectivity index (χ4v) is 6.12. The number of ether oxygens (including phenoxy) is 3. The highest BCUT2D eigenvalue weighted by Gasteiger charge is 2.17. The first-order valence-corrected chi connectivity index (χ1v) is 23.8. The van der Waals surface area contributed by atoms with Crippen LogP contribution in [0.2, 0.25) is 0 Å². The Balaban J connectivity index is 4.27. The Hall–Kier alpha value is -3.18. The topological polar surface area (TPSA) is 61.8 Å². The predicted molar refractivity (Wildman–Crippen MR) is 251 cm³/mol. The summed E-state index contributed by atoms with van der Waals surface area (Å²) in [5.41, 5.74) is 0. The van der Waals surface area contributed by atoms with E-state index in [1.54, 1.807) is 0 Å². The van der Waals surface area contributed by atoms with E-state index in [9.17, 15) is 9.59 Å². The van der Waals surface area contributed by atoms with Crippen molar-refractivity contribution < 1.29 is 23.8 Å². The average Bonchev–Trinajstić information content (AvgIpc) is 3.22. The summed E-state index contributed by atoms with van der Waals surface area (Å²) in [5.74, 6) is -0.561. The molecule has 58 heavy (non-hydrogen) atoms. The summed E-state index contributed by atoms with van der Waals surface area (Å²) < 4.78 is 17.2. The highest BCUT2D eigenvalue weighted by atomic mass is 16.6. The van der Waals surface area contributed by atoms with E-state index in [1.807, 2.05) is 12.2 Å². The maximum absolute atomic E-state index is 12.6. The predicted octanol–water partition coefficient (Wildman–Crippen LogP) is 15.9. The molecule has 0 bridgehead atoms. The van der Waals surface area contributed by atoms with Gasteiger partial charge in [0.15, 0.2) is 6.10 Å². The number of carbonyl (C=O) groups is 2. The highest BCUT2D eigenvalue weighted by Crippen LogP contribution is 2.12. The van der Waals surface area contributed by atoms with Crippen LogP contribution in [0.1, 0.15) is 201 Å². The maximum Gasteiger partial charge on any atom is 0.309 e. The van der Waals surface area contributed by atoms with Crippen molar-refractivity contribution in [2.45, 2.75) is 207 Å². The minimum atomic E-state index is -0.582. The second kappa shape index (κ2) is 48.2. The summed E-state index contributed by atoms with van der Waals surface area (Å²) in [4.78, 5) is 25.1. The highest BCUT2D eigenvalue weighted by molar-refractivity contribution is 5.71. The first-order chi connectivity index (χ1) is 28.6. The van der Waals surface area contributed by atoms with Crippen molar-refractivity contribution in [2.75, 3.05) is 19.8 Å². The summed E-state index contributed by atoms with van der Waals surface area (Å²) in [6, 6.07) is 0. The molecule has 0 aliphatic rings. The lowest BCUT2D eigenvalue weighted by Crippen LogP contribution is -2.30. The van der Waals surface area contributed by atoms with Gasteiger partial charge in [0.1, 0.15) is 6.61 Å². The Labute approximate surface area is 358 Å². The lowest BCUT2D eigenvalue weighted by atomic mass is 10.1. The number of hydrogen-bond donors (Lipinski definition) is 0. The van der Waals surface area contributed by atoms with Crippen molar-refractivity contribution in [3.8, 4) is 0 Å². The van der Waals surface area contributed by atoms with Crippen molar-refractivity contribution in [2.24, 2.45) is 0 Å². The first kappa shape index (κ1) is 54.8. The molecule has 0 aliphatic carbocycles. The summed E-state index contributed by atoms with van der Waals surface area (Å²) in [6.45, 7) is 7.51. The molecule has 1 unspecified atom stereocenters. The molecule has 0 rings (SSSR count). The van der Waals surface area contributed by atoms with Gasteiger partial charge in [0.2, 0.25) is 0 Å². The number of unbranched alkanes of at least 4 members (excludes halogenated alkanes) is 16. The van der Waals surface area contributed by atoms with E-state index in [0.717, 1.165) is 77.0 Å². The summed E-state index contributed by atoms with van der Waals surface area (Å²) in [7, 11) is 0. The van der Waals surface area contributed by atoms with Gasteiger partial charge in [0, 0.05) is 13.0 Å². The van der Waals surface area contributed by atoms with Crippen molar-refractivity contribution >= 4 is 11.9 Å². The number of hydrogen-bond acceptors (Lipinski definition) is 5. The minimum absolute atomic E-state index is 0.0229. The van der Waals surface area contributed by atoms with Crippen LogP contribution < -0.4 is 0 Å². The standard InChI is InChI=1S/C53H88O5/c1-4-7-10-13-16-18-20-22-24-25-26-27-28-30-32-34-36-39-42-45-48-56-49-51(58-53(55)47-44-41-37-15-12-9-6-3)50-57-52(54)46-43-40-38-35-33-31-29-23-21-19-17-14-11-8-5-2/h8,11,16-19,22-24,26-27,29,33,35,40,43,51H,4-7,9-10,12-15,20-21,25,28,30-32,34,36-39,41-42,44-50H2,1-3H3/b11-8-,18-16-,19-17-,24-22-,27-26-,29-23-,35-33-,43-40-. The van der Waals surface area contributed by atoms with Gasteiger partial charge in [-0.3, -0.25) is 9.59 Å². The van der Waals surface area contributed by atoms with Gasteiger partial charge in [0.05, 0.1) is 13.0 Å². The van der Waals surface area contributed by atoms with Crippen LogP contribution in [0.3, 0.4) is 0 Å². The molecule has 0 amide bonds. The summed E-state index contributed by atoms with van der Waals surface area (Å²) >= 11 is 0. The number of esters is 2. The largest absolute Gasteiger partial charge is 0.461 e. The van der Waals surface area contributed by atoms with E-state index in [2.05, 4.69) is 106 Å². The third-order valence-electron chi connectivity index (χ3n) is 9.64. The zero-order valence-corrected chi connectivity index (χ0v) is 37.8. The van der Waals surface area contributed by atoms with Crippen LogP contribution in [0.5, 0.6) is 0 Å². The molecule has 0 fully saturated rings. The lowest BCUT2D eigenvalue weighted by molar-refractivity contribution is -0.162. The number of carbonyl (C=O) groups excluding carboxylic acids is 2. The van der Waals surface area contributed by atoms with E-state index in [4.69, 9.17) is 14.2 Å². The second-order valence-corrected chi connectivity index (χ2v) is 15.3. The van der Waals surface area contributed by atoms with E-state index >= 15 is 0 Å². The fourth-order valence-electron chi connectivity index (χ4n) is 6.12. The molecule has 5 nitrogen and oxygen atoms in total. The molecule has 0 aromatic heterocycles. The van der Waals surface area contributed by atoms with E-state index in [1.165, 1.54) is 89.9 Å². The maximum atomic E-state index is 12.6. The van der Waals surface area contributed by atoms with Crippen molar-refractivity contribution in [3.63, 3.8) is 0 Å². The first-order valence-electron chi connectivity index (χ1n) is 23.8. The monoisotopic (exact) mass is 805 g/mol. The van der Waals surface area contributed by atoms with Crippen molar-refractivity contribution in [3.05, 3.63) is 97.2 Å². The van der Waals surface area contributed by atoms with Gasteiger partial charge >= 0.3 is 11.9 Å². The lowest BCUT2D eigenvalue weighted by Gasteiger charge is -2.18. The third kappa shape index (κ3) is 45.5. The van der Waals surface area contributed by atoms with E-state index in [0.29, 0.717) is 13.0 Å². The molecule has 0 radical (unpaired) electrons. The molecule has 0 saturated heterocycles. The molecule has 0 aromatic carbocycles. The normalized spacial score (nSPS) is 13.1. The Morgan fingerprint density at radius 1 is 0.414 bits per heavy atom. The molecule has 0 aromatic rings. The molecule has 0 aliphatic heterocycles. The number of rotatable bonds is 42.